The Balaban J connectivity index is 2.05. The van der Waals surface area contributed by atoms with Crippen molar-refractivity contribution < 1.29 is 23.8 Å². The Morgan fingerprint density at radius 1 is 1.21 bits per heavy atom. The zero-order chi connectivity index (χ0) is 24.1. The van der Waals surface area contributed by atoms with E-state index < -0.39 is 17.2 Å². The minimum Gasteiger partial charge on any atom is -0.488 e. The van der Waals surface area contributed by atoms with Gasteiger partial charge in [-0.1, -0.05) is 13.8 Å². The molecular formula is C23H30N4O6. The number of methoxy groups -OCH3 is 2. The van der Waals surface area contributed by atoms with Crippen LogP contribution in [-0.2, 0) is 16.0 Å². The van der Waals surface area contributed by atoms with Gasteiger partial charge in [-0.05, 0) is 24.0 Å². The van der Waals surface area contributed by atoms with E-state index in [-0.39, 0.29) is 17.5 Å². The van der Waals surface area contributed by atoms with E-state index in [0.717, 1.165) is 12.0 Å². The molecule has 3 heterocycles. The Hall–Kier alpha value is -3.40. The summed E-state index contributed by atoms with van der Waals surface area (Å²) in [6.07, 6.45) is 2.90. The van der Waals surface area contributed by atoms with E-state index in [0.29, 0.717) is 42.7 Å². The van der Waals surface area contributed by atoms with Crippen molar-refractivity contribution in [3.63, 3.8) is 0 Å². The number of pyridine rings is 2. The lowest BCUT2D eigenvalue weighted by Crippen LogP contribution is -2.42. The van der Waals surface area contributed by atoms with Gasteiger partial charge in [0.1, 0.15) is 5.56 Å². The molecule has 33 heavy (non-hydrogen) atoms. The fourth-order valence-corrected chi connectivity index (χ4v) is 3.81. The van der Waals surface area contributed by atoms with E-state index in [1.807, 2.05) is 10.6 Å². The molecule has 0 unspecified atom stereocenters. The van der Waals surface area contributed by atoms with Crippen LogP contribution >= 0.6 is 0 Å². The number of amides is 2. The first-order valence-corrected chi connectivity index (χ1v) is 10.8. The summed E-state index contributed by atoms with van der Waals surface area (Å²) in [5, 5.41) is 0. The lowest BCUT2D eigenvalue weighted by Gasteiger charge is -2.33. The number of hydrazine groups is 1. The van der Waals surface area contributed by atoms with Crippen LogP contribution in [0.3, 0.4) is 0 Å². The minimum atomic E-state index is -0.677. The molecule has 0 aromatic carbocycles. The number of hydrogen-bond acceptors (Lipinski definition) is 7. The molecule has 2 N–H and O–H groups in total. The third-order valence-corrected chi connectivity index (χ3v) is 5.45. The smallest absolute Gasteiger partial charge is 0.275 e. The lowest BCUT2D eigenvalue weighted by molar-refractivity contribution is -0.119. The Kier molecular flexibility index (Phi) is 7.70. The Labute approximate surface area is 192 Å². The van der Waals surface area contributed by atoms with E-state index in [1.165, 1.54) is 26.3 Å². The summed E-state index contributed by atoms with van der Waals surface area (Å²) < 4.78 is 18.3. The Bertz CT molecular complexity index is 1100. The molecule has 0 saturated carbocycles. The molecule has 0 fully saturated rings. The summed E-state index contributed by atoms with van der Waals surface area (Å²) in [5.41, 5.74) is 6.07. The SMILES string of the molecule is COCCCOc1cc2c(nc1OC)-c1cc(=O)c(C(=O)NNC(C)=O)cn1[C@H](C(C)C)C2. The molecule has 10 nitrogen and oxygen atoms in total. The number of rotatable bonds is 8. The number of ether oxygens (including phenoxy) is 3. The van der Waals surface area contributed by atoms with Gasteiger partial charge in [-0.25, -0.2) is 4.98 Å². The second-order valence-corrected chi connectivity index (χ2v) is 8.19. The number of carbonyl (C=O) groups excluding carboxylic acids is 2. The summed E-state index contributed by atoms with van der Waals surface area (Å²) in [6.45, 7) is 6.47. The van der Waals surface area contributed by atoms with Crippen molar-refractivity contribution in [1.82, 2.24) is 20.4 Å². The lowest BCUT2D eigenvalue weighted by atomic mass is 9.89. The monoisotopic (exact) mass is 458 g/mol. The number of nitrogens with one attached hydrogen (secondary N) is 2. The number of nitrogens with zero attached hydrogens (tertiary/aromatic N) is 2. The molecule has 0 bridgehead atoms. The van der Waals surface area contributed by atoms with E-state index in [4.69, 9.17) is 14.2 Å². The average molecular weight is 459 g/mol. The molecule has 1 atom stereocenters. The molecule has 0 aliphatic carbocycles. The topological polar surface area (TPSA) is 121 Å². The molecule has 178 valence electrons. The quantitative estimate of drug-likeness (QED) is 0.458. The molecule has 2 amide bonds. The third-order valence-electron chi connectivity index (χ3n) is 5.45. The fraction of sp³-hybridized carbons (Fsp3) is 0.478. The van der Waals surface area contributed by atoms with Crippen LogP contribution in [0.15, 0.2) is 23.1 Å². The van der Waals surface area contributed by atoms with Crippen LogP contribution < -0.4 is 25.8 Å². The van der Waals surface area contributed by atoms with Crippen LogP contribution in [0.2, 0.25) is 0 Å². The van der Waals surface area contributed by atoms with E-state index >= 15 is 0 Å². The van der Waals surface area contributed by atoms with E-state index in [1.54, 1.807) is 7.11 Å². The highest BCUT2D eigenvalue weighted by molar-refractivity contribution is 5.95. The number of hydrogen-bond donors (Lipinski definition) is 2. The molecule has 0 saturated heterocycles. The van der Waals surface area contributed by atoms with Crippen molar-refractivity contribution in [2.45, 2.75) is 39.7 Å². The predicted octanol–water partition coefficient (Wildman–Crippen LogP) is 1.87. The van der Waals surface area contributed by atoms with Gasteiger partial charge in [-0.3, -0.25) is 25.2 Å². The number of aromatic nitrogens is 2. The number of carbonyl (C=O) groups is 2. The van der Waals surface area contributed by atoms with Crippen LogP contribution in [0.4, 0.5) is 0 Å². The summed E-state index contributed by atoms with van der Waals surface area (Å²) in [7, 11) is 3.15. The van der Waals surface area contributed by atoms with Crippen molar-refractivity contribution in [3.05, 3.63) is 39.7 Å². The Morgan fingerprint density at radius 3 is 2.61 bits per heavy atom. The van der Waals surface area contributed by atoms with Crippen molar-refractivity contribution in [2.75, 3.05) is 27.4 Å². The van der Waals surface area contributed by atoms with Crippen LogP contribution in [0.25, 0.3) is 11.4 Å². The predicted molar refractivity (Wildman–Crippen MR) is 121 cm³/mol. The Morgan fingerprint density at radius 2 is 1.97 bits per heavy atom. The van der Waals surface area contributed by atoms with Gasteiger partial charge in [0.15, 0.2) is 11.2 Å². The first-order valence-electron chi connectivity index (χ1n) is 10.8. The highest BCUT2D eigenvalue weighted by Gasteiger charge is 2.30. The highest BCUT2D eigenvalue weighted by Crippen LogP contribution is 2.40. The fourth-order valence-electron chi connectivity index (χ4n) is 3.81. The number of fused-ring (bicyclic) bond motifs is 3. The van der Waals surface area contributed by atoms with Gasteiger partial charge in [0.25, 0.3) is 11.8 Å². The maximum Gasteiger partial charge on any atom is 0.275 e. The molecule has 1 aliphatic rings. The molecule has 2 aromatic heterocycles. The highest BCUT2D eigenvalue weighted by atomic mass is 16.5. The van der Waals surface area contributed by atoms with Crippen molar-refractivity contribution >= 4 is 11.8 Å². The second-order valence-electron chi connectivity index (χ2n) is 8.19. The van der Waals surface area contributed by atoms with Gasteiger partial charge in [-0.2, -0.15) is 0 Å². The van der Waals surface area contributed by atoms with E-state index in [9.17, 15) is 14.4 Å². The average Bonchev–Trinajstić information content (AvgIpc) is 2.78. The van der Waals surface area contributed by atoms with Crippen LogP contribution in [0.5, 0.6) is 11.6 Å². The molecule has 2 aromatic rings. The van der Waals surface area contributed by atoms with Gasteiger partial charge in [-0.15, -0.1) is 0 Å². The molecule has 0 radical (unpaired) electrons. The maximum absolute atomic E-state index is 12.8. The molecular weight excluding hydrogens is 428 g/mol. The van der Waals surface area contributed by atoms with Crippen LogP contribution in [-0.4, -0.2) is 48.8 Å². The van der Waals surface area contributed by atoms with Gasteiger partial charge < -0.3 is 18.8 Å². The zero-order valence-corrected chi connectivity index (χ0v) is 19.6. The second kappa shape index (κ2) is 10.5. The van der Waals surface area contributed by atoms with E-state index in [2.05, 4.69) is 29.7 Å². The summed E-state index contributed by atoms with van der Waals surface area (Å²) in [5.74, 6) is -0.0486. The molecule has 3 rings (SSSR count). The first-order chi connectivity index (χ1) is 15.8. The first kappa shape index (κ1) is 24.2. The van der Waals surface area contributed by atoms with Gasteiger partial charge >= 0.3 is 0 Å². The standard InChI is InChI=1S/C23H30N4O6/c1-13(2)17-9-15-10-20(33-8-6-7-31-4)23(32-5)24-21(15)18-11-19(29)16(12-27(17)18)22(30)26-25-14(3)28/h10-13,17H,6-9H2,1-5H3,(H,25,28)(H,26,30)/t17-/m0/s1. The van der Waals surface area contributed by atoms with Crippen LogP contribution in [0, 0.1) is 5.92 Å². The summed E-state index contributed by atoms with van der Waals surface area (Å²) in [6, 6.07) is 3.30. The third kappa shape index (κ3) is 5.33. The molecule has 0 spiro atoms. The normalized spacial score (nSPS) is 14.3. The maximum atomic E-state index is 12.8. The minimum absolute atomic E-state index is 0.0167. The molecule has 1 aliphatic heterocycles. The van der Waals surface area contributed by atoms with Gasteiger partial charge in [0.05, 0.1) is 25.1 Å². The largest absolute Gasteiger partial charge is 0.488 e. The van der Waals surface area contributed by atoms with Crippen molar-refractivity contribution in [3.8, 4) is 23.0 Å². The van der Waals surface area contributed by atoms with Crippen LogP contribution in [0.1, 0.15) is 49.2 Å². The summed E-state index contributed by atoms with van der Waals surface area (Å²) in [4.78, 5) is 41.0. The van der Waals surface area contributed by atoms with Crippen molar-refractivity contribution in [2.24, 2.45) is 5.92 Å². The molecule has 10 heteroatoms. The van der Waals surface area contributed by atoms with Crippen molar-refractivity contribution in [1.29, 1.82) is 0 Å². The van der Waals surface area contributed by atoms with Gasteiger partial charge in [0, 0.05) is 45.4 Å². The summed E-state index contributed by atoms with van der Waals surface area (Å²) >= 11 is 0. The zero-order valence-electron chi connectivity index (χ0n) is 19.6. The van der Waals surface area contributed by atoms with Gasteiger partial charge in [0.2, 0.25) is 5.91 Å².